The monoisotopic (exact) mass is 211 g/mol. The number of rotatable bonds is 6. The predicted octanol–water partition coefficient (Wildman–Crippen LogP) is 2.49. The molecule has 0 aromatic carbocycles. The second kappa shape index (κ2) is 6.29. The summed E-state index contributed by atoms with van der Waals surface area (Å²) in [7, 11) is 0. The molecule has 0 unspecified atom stereocenters. The van der Waals surface area contributed by atoms with Gasteiger partial charge in [0.05, 0.1) is 0 Å². The van der Waals surface area contributed by atoms with Crippen LogP contribution in [0.1, 0.15) is 45.4 Å². The summed E-state index contributed by atoms with van der Waals surface area (Å²) in [5.74, 6) is 0. The second-order valence-electron chi connectivity index (χ2n) is 5.10. The Bertz CT molecular complexity index is 195. The quantitative estimate of drug-likeness (QED) is 0.522. The lowest BCUT2D eigenvalue weighted by atomic mass is 9.74. The van der Waals surface area contributed by atoms with E-state index >= 15 is 0 Å². The van der Waals surface area contributed by atoms with Crippen molar-refractivity contribution < 1.29 is 5.11 Å². The van der Waals surface area contributed by atoms with Crippen LogP contribution in [0.25, 0.3) is 0 Å². The van der Waals surface area contributed by atoms with Gasteiger partial charge in [0.15, 0.2) is 0 Å². The molecule has 0 aromatic rings. The molecule has 1 fully saturated rings. The van der Waals surface area contributed by atoms with Gasteiger partial charge in [-0.25, -0.2) is 0 Å². The highest BCUT2D eigenvalue weighted by molar-refractivity contribution is 4.89. The van der Waals surface area contributed by atoms with Crippen LogP contribution in [0, 0.1) is 5.41 Å². The highest BCUT2D eigenvalue weighted by Gasteiger charge is 2.30. The molecule has 88 valence electrons. The van der Waals surface area contributed by atoms with E-state index in [-0.39, 0.29) is 5.41 Å². The maximum absolute atomic E-state index is 9.49. The van der Waals surface area contributed by atoms with Gasteiger partial charge in [-0.1, -0.05) is 24.8 Å². The fourth-order valence-corrected chi connectivity index (χ4v) is 2.35. The van der Waals surface area contributed by atoms with Gasteiger partial charge in [0.25, 0.3) is 0 Å². The van der Waals surface area contributed by atoms with E-state index in [1.807, 2.05) is 0 Å². The van der Waals surface area contributed by atoms with Crippen molar-refractivity contribution in [2.75, 3.05) is 19.7 Å². The van der Waals surface area contributed by atoms with Crippen molar-refractivity contribution in [2.24, 2.45) is 5.41 Å². The number of hydrogen-bond donors (Lipinski definition) is 2. The largest absolute Gasteiger partial charge is 0.396 e. The molecule has 1 aliphatic rings. The molecule has 0 radical (unpaired) electrons. The smallest absolute Gasteiger partial charge is 0.0499 e. The SMILES string of the molecule is C=C(C)CCNCC1(CO)CCCCC1. The second-order valence-corrected chi connectivity index (χ2v) is 5.10. The van der Waals surface area contributed by atoms with Crippen molar-refractivity contribution in [3.8, 4) is 0 Å². The molecule has 0 aliphatic heterocycles. The number of hydrogen-bond acceptors (Lipinski definition) is 2. The Morgan fingerprint density at radius 1 is 1.33 bits per heavy atom. The molecule has 0 atom stereocenters. The molecule has 2 nitrogen and oxygen atoms in total. The Labute approximate surface area is 93.8 Å². The van der Waals surface area contributed by atoms with Gasteiger partial charge in [-0.15, -0.1) is 6.58 Å². The van der Waals surface area contributed by atoms with E-state index in [1.165, 1.54) is 37.7 Å². The minimum atomic E-state index is 0.174. The fraction of sp³-hybridized carbons (Fsp3) is 0.846. The third-order valence-corrected chi connectivity index (χ3v) is 3.48. The van der Waals surface area contributed by atoms with Gasteiger partial charge >= 0.3 is 0 Å². The Balaban J connectivity index is 2.23. The highest BCUT2D eigenvalue weighted by atomic mass is 16.3. The first-order valence-electron chi connectivity index (χ1n) is 6.14. The van der Waals surface area contributed by atoms with Gasteiger partial charge in [-0.05, 0) is 32.7 Å². The first-order valence-corrected chi connectivity index (χ1v) is 6.14. The zero-order valence-electron chi connectivity index (χ0n) is 10.0. The van der Waals surface area contributed by atoms with Crippen molar-refractivity contribution >= 4 is 0 Å². The molecule has 0 bridgehead atoms. The summed E-state index contributed by atoms with van der Waals surface area (Å²) in [6, 6.07) is 0. The molecule has 0 saturated heterocycles. The maximum atomic E-state index is 9.49. The third kappa shape index (κ3) is 4.35. The summed E-state index contributed by atoms with van der Waals surface area (Å²) < 4.78 is 0. The summed E-state index contributed by atoms with van der Waals surface area (Å²) in [4.78, 5) is 0. The molecule has 0 amide bonds. The van der Waals surface area contributed by atoms with Gasteiger partial charge in [0.2, 0.25) is 0 Å². The van der Waals surface area contributed by atoms with Crippen LogP contribution in [0.2, 0.25) is 0 Å². The van der Waals surface area contributed by atoms with E-state index in [1.54, 1.807) is 0 Å². The zero-order chi connectivity index (χ0) is 11.1. The molecule has 1 rings (SSSR count). The molecular formula is C13H25NO. The Morgan fingerprint density at radius 3 is 2.53 bits per heavy atom. The zero-order valence-corrected chi connectivity index (χ0v) is 10.0. The lowest BCUT2D eigenvalue weighted by Gasteiger charge is -2.35. The minimum absolute atomic E-state index is 0.174. The standard InChI is InChI=1S/C13H25NO/c1-12(2)6-9-14-10-13(11-15)7-4-3-5-8-13/h14-15H,1,3-11H2,2H3. The number of nitrogens with one attached hydrogen (secondary N) is 1. The van der Waals surface area contributed by atoms with E-state index in [4.69, 9.17) is 0 Å². The van der Waals surface area contributed by atoms with Gasteiger partial charge in [0.1, 0.15) is 0 Å². The van der Waals surface area contributed by atoms with Gasteiger partial charge in [0, 0.05) is 18.6 Å². The van der Waals surface area contributed by atoms with Crippen molar-refractivity contribution in [1.29, 1.82) is 0 Å². The average Bonchev–Trinajstić information content (AvgIpc) is 2.26. The van der Waals surface area contributed by atoms with Crippen LogP contribution in [0.4, 0.5) is 0 Å². The highest BCUT2D eigenvalue weighted by Crippen LogP contribution is 2.35. The topological polar surface area (TPSA) is 32.3 Å². The van der Waals surface area contributed by atoms with Crippen LogP contribution < -0.4 is 5.32 Å². The summed E-state index contributed by atoms with van der Waals surface area (Å²) in [6.07, 6.45) is 7.31. The van der Waals surface area contributed by atoms with Crippen LogP contribution in [0.15, 0.2) is 12.2 Å². The van der Waals surface area contributed by atoms with Crippen LogP contribution in [-0.4, -0.2) is 24.8 Å². The van der Waals surface area contributed by atoms with Crippen molar-refractivity contribution in [1.82, 2.24) is 5.32 Å². The summed E-state index contributed by atoms with van der Waals surface area (Å²) in [5, 5.41) is 12.9. The van der Waals surface area contributed by atoms with E-state index in [2.05, 4.69) is 18.8 Å². The minimum Gasteiger partial charge on any atom is -0.396 e. The van der Waals surface area contributed by atoms with E-state index in [0.29, 0.717) is 6.61 Å². The van der Waals surface area contributed by atoms with Gasteiger partial charge in [-0.3, -0.25) is 0 Å². The van der Waals surface area contributed by atoms with Crippen LogP contribution >= 0.6 is 0 Å². The first-order chi connectivity index (χ1) is 7.18. The van der Waals surface area contributed by atoms with Crippen LogP contribution in [0.5, 0.6) is 0 Å². The Hall–Kier alpha value is -0.340. The molecule has 1 aliphatic carbocycles. The summed E-state index contributed by atoms with van der Waals surface area (Å²) in [5.41, 5.74) is 1.40. The fourth-order valence-electron chi connectivity index (χ4n) is 2.35. The van der Waals surface area contributed by atoms with Crippen molar-refractivity contribution in [3.05, 3.63) is 12.2 Å². The Kier molecular flexibility index (Phi) is 5.34. The lowest BCUT2D eigenvalue weighted by Crippen LogP contribution is -2.39. The van der Waals surface area contributed by atoms with E-state index in [9.17, 15) is 5.11 Å². The van der Waals surface area contributed by atoms with Crippen LogP contribution in [-0.2, 0) is 0 Å². The predicted molar refractivity (Wildman–Crippen MR) is 64.9 cm³/mol. The summed E-state index contributed by atoms with van der Waals surface area (Å²) >= 11 is 0. The molecule has 2 heteroatoms. The normalized spacial score (nSPS) is 20.1. The van der Waals surface area contributed by atoms with Gasteiger partial charge in [-0.2, -0.15) is 0 Å². The average molecular weight is 211 g/mol. The van der Waals surface area contributed by atoms with Crippen molar-refractivity contribution in [3.63, 3.8) is 0 Å². The maximum Gasteiger partial charge on any atom is 0.0499 e. The number of aliphatic hydroxyl groups is 1. The van der Waals surface area contributed by atoms with E-state index in [0.717, 1.165) is 19.5 Å². The van der Waals surface area contributed by atoms with Crippen LogP contribution in [0.3, 0.4) is 0 Å². The first kappa shape index (κ1) is 12.7. The lowest BCUT2D eigenvalue weighted by molar-refractivity contribution is 0.0816. The van der Waals surface area contributed by atoms with Gasteiger partial charge < -0.3 is 10.4 Å². The van der Waals surface area contributed by atoms with Crippen molar-refractivity contribution in [2.45, 2.75) is 45.4 Å². The van der Waals surface area contributed by atoms with E-state index < -0.39 is 0 Å². The molecule has 0 aromatic heterocycles. The Morgan fingerprint density at radius 2 is 2.00 bits per heavy atom. The molecule has 2 N–H and O–H groups in total. The molecular weight excluding hydrogens is 186 g/mol. The molecule has 0 heterocycles. The molecule has 1 saturated carbocycles. The molecule has 0 spiro atoms. The third-order valence-electron chi connectivity index (χ3n) is 3.48. The summed E-state index contributed by atoms with van der Waals surface area (Å²) in [6.45, 7) is 8.25. The molecule has 15 heavy (non-hydrogen) atoms. The number of aliphatic hydroxyl groups excluding tert-OH is 1.